The van der Waals surface area contributed by atoms with Crippen LogP contribution in [0.25, 0.3) is 0 Å². The Morgan fingerprint density at radius 1 is 0.673 bits per heavy atom. The highest BCUT2D eigenvalue weighted by molar-refractivity contribution is 5.96. The van der Waals surface area contributed by atoms with Crippen molar-refractivity contribution in [3.8, 4) is 0 Å². The quantitative estimate of drug-likeness (QED) is 0.104. The van der Waals surface area contributed by atoms with E-state index in [-0.39, 0.29) is 37.0 Å². The molecule has 1 saturated heterocycles. The molecule has 0 aliphatic carbocycles. The molecular weight excluding hydrogens is 634 g/mol. The molecule has 1 aliphatic rings. The number of aliphatic hydroxyl groups is 2. The van der Waals surface area contributed by atoms with E-state index in [4.69, 9.17) is 4.74 Å². The molecule has 5 amide bonds. The van der Waals surface area contributed by atoms with E-state index >= 15 is 0 Å². The van der Waals surface area contributed by atoms with Gasteiger partial charge in [0.2, 0.25) is 29.5 Å². The third kappa shape index (κ3) is 15.9. The van der Waals surface area contributed by atoms with Crippen LogP contribution in [-0.2, 0) is 33.5 Å². The number of carbonyl (C=O) groups excluding carboxylic acids is 6. The van der Waals surface area contributed by atoms with E-state index in [1.807, 2.05) is 34.6 Å². The summed E-state index contributed by atoms with van der Waals surface area (Å²) in [5.41, 5.74) is 0. The lowest BCUT2D eigenvalue weighted by molar-refractivity contribution is -0.156. The molecule has 14 heteroatoms. The summed E-state index contributed by atoms with van der Waals surface area (Å²) in [4.78, 5) is 80.8. The minimum atomic E-state index is -1.55. The van der Waals surface area contributed by atoms with Crippen molar-refractivity contribution in [1.82, 2.24) is 26.6 Å². The Morgan fingerprint density at radius 3 is 1.71 bits per heavy atom. The normalized spacial score (nSPS) is 26.7. The van der Waals surface area contributed by atoms with E-state index < -0.39 is 84.5 Å². The Bertz CT molecular complexity index is 1080. The molecule has 0 radical (unpaired) electrons. The highest BCUT2D eigenvalue weighted by Crippen LogP contribution is 2.18. The first kappa shape index (κ1) is 43.8. The summed E-state index contributed by atoms with van der Waals surface area (Å²) >= 11 is 0. The maximum Gasteiger partial charge on any atom is 0.329 e. The molecule has 7 N–H and O–H groups in total. The number of aliphatic hydroxyl groups excluding tert-OH is 2. The zero-order valence-electron chi connectivity index (χ0n) is 30.8. The predicted octanol–water partition coefficient (Wildman–Crippen LogP) is 1.60. The van der Waals surface area contributed by atoms with E-state index in [0.717, 1.165) is 25.7 Å². The van der Waals surface area contributed by atoms with Gasteiger partial charge in [0.1, 0.15) is 36.3 Å². The molecule has 0 bridgehead atoms. The summed E-state index contributed by atoms with van der Waals surface area (Å²) in [5, 5.41) is 33.3. The van der Waals surface area contributed by atoms with Gasteiger partial charge in [-0.05, 0) is 50.4 Å². The Labute approximate surface area is 292 Å². The second-order valence-corrected chi connectivity index (χ2v) is 14.2. The van der Waals surface area contributed by atoms with Gasteiger partial charge in [-0.15, -0.1) is 0 Å². The van der Waals surface area contributed by atoms with E-state index in [1.54, 1.807) is 6.92 Å². The molecule has 1 rings (SSSR count). The third-order valence-corrected chi connectivity index (χ3v) is 8.67. The van der Waals surface area contributed by atoms with Gasteiger partial charge in [-0.2, -0.15) is 0 Å². The minimum Gasteiger partial charge on any atom is -0.460 e. The molecule has 0 unspecified atom stereocenters. The van der Waals surface area contributed by atoms with Gasteiger partial charge in [0.25, 0.3) is 0 Å². The smallest absolute Gasteiger partial charge is 0.329 e. The van der Waals surface area contributed by atoms with Crippen LogP contribution >= 0.6 is 0 Å². The fourth-order valence-corrected chi connectivity index (χ4v) is 5.59. The summed E-state index contributed by atoms with van der Waals surface area (Å²) in [5.74, 6) is -4.94. The summed E-state index contributed by atoms with van der Waals surface area (Å²) in [6.07, 6.45) is 3.46. The fourth-order valence-electron chi connectivity index (χ4n) is 5.59. The summed E-state index contributed by atoms with van der Waals surface area (Å²) in [7, 11) is 0. The summed E-state index contributed by atoms with van der Waals surface area (Å²) < 4.78 is 5.93. The molecule has 49 heavy (non-hydrogen) atoms. The van der Waals surface area contributed by atoms with Crippen LogP contribution in [0.2, 0.25) is 0 Å². The molecule has 1 heterocycles. The van der Waals surface area contributed by atoms with Crippen LogP contribution in [-0.4, -0.2) is 94.7 Å². The number of carbonyl (C=O) groups is 6. The van der Waals surface area contributed by atoms with Crippen molar-refractivity contribution in [3.63, 3.8) is 0 Å². The van der Waals surface area contributed by atoms with E-state index in [1.165, 1.54) is 6.92 Å². The van der Waals surface area contributed by atoms with Gasteiger partial charge in [-0.25, -0.2) is 4.79 Å². The Morgan fingerprint density at radius 2 is 1.18 bits per heavy atom. The maximum absolute atomic E-state index is 13.7. The second kappa shape index (κ2) is 22.5. The lowest BCUT2D eigenvalue weighted by Gasteiger charge is -2.29. The number of hydrogen-bond donors (Lipinski definition) is 7. The molecule has 0 aromatic rings. The van der Waals surface area contributed by atoms with Gasteiger partial charge in [-0.1, -0.05) is 80.6 Å². The molecule has 8 atom stereocenters. The van der Waals surface area contributed by atoms with Crippen LogP contribution in [0.1, 0.15) is 120 Å². The standard InChI is InChI=1S/C35H63N5O9/c1-9-11-12-13-14-15-24-18-28(43)36-25(16-20(3)4)31(44)38-27(19-41)33(46)40-30(23(8)42)34(47)37-26(17-21(5)6)32(45)39-29(22(7)10-2)35(48)49-24/h20-27,29-30,41-42H,9-19H2,1-8H3,(H,36,43)(H,37,47)(H,38,44)(H,39,45)(H,40,46)/t22-,23+,24+,25+,26+,27-,29-,30-/m0/s1. The van der Waals surface area contributed by atoms with Gasteiger partial charge >= 0.3 is 5.97 Å². The highest BCUT2D eigenvalue weighted by atomic mass is 16.5. The molecule has 14 nitrogen and oxygen atoms in total. The monoisotopic (exact) mass is 697 g/mol. The maximum atomic E-state index is 13.7. The predicted molar refractivity (Wildman–Crippen MR) is 185 cm³/mol. The van der Waals surface area contributed by atoms with Crippen LogP contribution in [0.3, 0.4) is 0 Å². The zero-order valence-corrected chi connectivity index (χ0v) is 30.8. The Kier molecular flexibility index (Phi) is 20.1. The molecule has 1 fully saturated rings. The first-order valence-electron chi connectivity index (χ1n) is 18.0. The van der Waals surface area contributed by atoms with E-state index in [0.29, 0.717) is 19.3 Å². The molecule has 0 aromatic carbocycles. The van der Waals surface area contributed by atoms with Crippen LogP contribution in [0, 0.1) is 17.8 Å². The van der Waals surface area contributed by atoms with Gasteiger partial charge < -0.3 is 41.5 Å². The number of cyclic esters (lactones) is 1. The van der Waals surface area contributed by atoms with E-state index in [9.17, 15) is 39.0 Å². The first-order valence-corrected chi connectivity index (χ1v) is 18.0. The van der Waals surface area contributed by atoms with Crippen molar-refractivity contribution >= 4 is 35.5 Å². The van der Waals surface area contributed by atoms with Crippen molar-refractivity contribution in [3.05, 3.63) is 0 Å². The Hall–Kier alpha value is -3.26. The van der Waals surface area contributed by atoms with Crippen LogP contribution < -0.4 is 26.6 Å². The molecule has 0 spiro atoms. The second-order valence-electron chi connectivity index (χ2n) is 14.2. The van der Waals surface area contributed by atoms with Crippen molar-refractivity contribution < 1.29 is 43.7 Å². The van der Waals surface area contributed by atoms with Crippen molar-refractivity contribution in [2.24, 2.45) is 17.8 Å². The largest absolute Gasteiger partial charge is 0.460 e. The molecule has 0 aromatic heterocycles. The van der Waals surface area contributed by atoms with Crippen molar-refractivity contribution in [2.75, 3.05) is 6.61 Å². The lowest BCUT2D eigenvalue weighted by atomic mass is 9.97. The average Bonchev–Trinajstić information content (AvgIpc) is 3.02. The Balaban J connectivity index is 3.64. The summed E-state index contributed by atoms with van der Waals surface area (Å²) in [6.45, 7) is 13.6. The number of esters is 1. The number of rotatable bonds is 14. The molecular formula is C35H63N5O9. The van der Waals surface area contributed by atoms with Crippen LogP contribution in [0.4, 0.5) is 0 Å². The number of unbranched alkanes of at least 4 members (excludes halogenated alkanes) is 4. The SMILES string of the molecule is CCCCCCC[C@@H]1CC(=O)N[C@H](CC(C)C)C(=O)N[C@@H](CO)C(=O)N[C@@H]([C@@H](C)O)C(=O)N[C@H](CC(C)C)C(=O)N[C@@H]([C@@H](C)CC)C(=O)O1. The van der Waals surface area contributed by atoms with Gasteiger partial charge in [-0.3, -0.25) is 24.0 Å². The number of nitrogens with one attached hydrogen (secondary N) is 5. The highest BCUT2D eigenvalue weighted by Gasteiger charge is 2.37. The van der Waals surface area contributed by atoms with Crippen LogP contribution in [0.5, 0.6) is 0 Å². The van der Waals surface area contributed by atoms with Gasteiger partial charge in [0.05, 0.1) is 19.1 Å². The number of hydrogen-bond acceptors (Lipinski definition) is 9. The lowest BCUT2D eigenvalue weighted by Crippen LogP contribution is -2.62. The average molecular weight is 698 g/mol. The molecule has 282 valence electrons. The minimum absolute atomic E-state index is 0.0479. The zero-order chi connectivity index (χ0) is 37.3. The third-order valence-electron chi connectivity index (χ3n) is 8.67. The molecule has 1 aliphatic heterocycles. The topological polar surface area (TPSA) is 212 Å². The van der Waals surface area contributed by atoms with Crippen LogP contribution in [0.15, 0.2) is 0 Å². The molecule has 0 saturated carbocycles. The number of ether oxygens (including phenoxy) is 1. The van der Waals surface area contributed by atoms with Crippen molar-refractivity contribution in [2.45, 2.75) is 162 Å². The van der Waals surface area contributed by atoms with Gasteiger partial charge in [0, 0.05) is 0 Å². The first-order chi connectivity index (χ1) is 23.0. The van der Waals surface area contributed by atoms with Gasteiger partial charge in [0.15, 0.2) is 0 Å². The number of amides is 5. The van der Waals surface area contributed by atoms with Crippen molar-refractivity contribution in [1.29, 1.82) is 0 Å². The summed E-state index contributed by atoms with van der Waals surface area (Å²) in [6, 6.07) is -6.39. The fraction of sp³-hybridized carbons (Fsp3) is 0.829. The van der Waals surface area contributed by atoms with E-state index in [2.05, 4.69) is 33.5 Å².